The van der Waals surface area contributed by atoms with Crippen LogP contribution in [0.5, 0.6) is 0 Å². The molecular weight excluding hydrogens is 307 g/mol. The van der Waals surface area contributed by atoms with Gasteiger partial charge in [-0.25, -0.2) is 4.39 Å². The van der Waals surface area contributed by atoms with Crippen LogP contribution in [-0.2, 0) is 4.79 Å². The number of anilines is 1. The van der Waals surface area contributed by atoms with Gasteiger partial charge in [0.15, 0.2) is 0 Å². The first-order valence-corrected chi connectivity index (χ1v) is 8.69. The van der Waals surface area contributed by atoms with Crippen molar-refractivity contribution >= 4 is 11.6 Å². The van der Waals surface area contributed by atoms with E-state index >= 15 is 0 Å². The topological polar surface area (TPSA) is 38.8 Å². The summed E-state index contributed by atoms with van der Waals surface area (Å²) in [6.45, 7) is 6.24. The maximum atomic E-state index is 13.0. The highest BCUT2D eigenvalue weighted by Crippen LogP contribution is 2.16. The number of nitrogens with one attached hydrogen (secondary N) is 1. The van der Waals surface area contributed by atoms with Gasteiger partial charge < -0.3 is 15.1 Å². The molecule has 0 bridgehead atoms. The summed E-state index contributed by atoms with van der Waals surface area (Å²) >= 11 is 0. The van der Waals surface area contributed by atoms with Crippen molar-refractivity contribution in [3.63, 3.8) is 0 Å². The van der Waals surface area contributed by atoms with Gasteiger partial charge in [-0.15, -0.1) is 0 Å². The van der Waals surface area contributed by atoms with E-state index in [1.165, 1.54) is 12.1 Å². The molecule has 1 saturated heterocycles. The third-order valence-corrected chi connectivity index (χ3v) is 4.32. The highest BCUT2D eigenvalue weighted by Gasteiger charge is 2.17. The van der Waals surface area contributed by atoms with Crippen LogP contribution >= 0.6 is 0 Å². The van der Waals surface area contributed by atoms with E-state index in [4.69, 9.17) is 0 Å². The van der Waals surface area contributed by atoms with Crippen LogP contribution in [0.3, 0.4) is 0 Å². The minimum atomic E-state index is -0.200. The molecule has 2 rings (SSSR count). The molecular formula is C18H29FN4O. The normalized spacial score (nSPS) is 15.8. The van der Waals surface area contributed by atoms with E-state index in [2.05, 4.69) is 20.0 Å². The number of halogens is 1. The molecule has 1 aromatic rings. The molecule has 1 aliphatic heterocycles. The average Bonchev–Trinajstić information content (AvgIpc) is 2.58. The molecule has 1 N–H and O–H groups in total. The van der Waals surface area contributed by atoms with E-state index in [0.717, 1.165) is 57.9 Å². The van der Waals surface area contributed by atoms with Crippen LogP contribution < -0.4 is 10.2 Å². The van der Waals surface area contributed by atoms with Gasteiger partial charge in [-0.2, -0.15) is 0 Å². The van der Waals surface area contributed by atoms with Gasteiger partial charge in [-0.1, -0.05) is 0 Å². The number of piperazine rings is 1. The quantitative estimate of drug-likeness (QED) is 0.729. The zero-order chi connectivity index (χ0) is 17.4. The van der Waals surface area contributed by atoms with E-state index in [1.54, 1.807) is 0 Å². The molecule has 1 fully saturated rings. The van der Waals surface area contributed by atoms with E-state index in [-0.39, 0.29) is 11.7 Å². The summed E-state index contributed by atoms with van der Waals surface area (Å²) in [6.07, 6.45) is 1.54. The monoisotopic (exact) mass is 336 g/mol. The van der Waals surface area contributed by atoms with E-state index in [1.807, 2.05) is 26.2 Å². The Balaban J connectivity index is 1.61. The van der Waals surface area contributed by atoms with Gasteiger partial charge in [0.2, 0.25) is 5.91 Å². The van der Waals surface area contributed by atoms with Gasteiger partial charge in [0.05, 0.1) is 0 Å². The van der Waals surface area contributed by atoms with Crippen molar-refractivity contribution in [2.45, 2.75) is 12.8 Å². The van der Waals surface area contributed by atoms with Gasteiger partial charge in [0, 0.05) is 51.4 Å². The Kier molecular flexibility index (Phi) is 7.46. The third kappa shape index (κ3) is 6.45. The fourth-order valence-corrected chi connectivity index (χ4v) is 2.85. The van der Waals surface area contributed by atoms with Gasteiger partial charge in [-0.3, -0.25) is 9.69 Å². The van der Waals surface area contributed by atoms with Crippen LogP contribution in [0.4, 0.5) is 10.1 Å². The van der Waals surface area contributed by atoms with Crippen molar-refractivity contribution in [1.82, 2.24) is 15.1 Å². The van der Waals surface area contributed by atoms with Crippen molar-refractivity contribution in [2.24, 2.45) is 0 Å². The summed E-state index contributed by atoms with van der Waals surface area (Å²) < 4.78 is 13.0. The van der Waals surface area contributed by atoms with Crippen LogP contribution in [0.15, 0.2) is 24.3 Å². The molecule has 0 aromatic heterocycles. The van der Waals surface area contributed by atoms with E-state index < -0.39 is 0 Å². The molecule has 1 aliphatic rings. The first-order chi connectivity index (χ1) is 11.5. The molecule has 5 nitrogen and oxygen atoms in total. The fraction of sp³-hybridized carbons (Fsp3) is 0.611. The Labute approximate surface area is 144 Å². The van der Waals surface area contributed by atoms with E-state index in [9.17, 15) is 9.18 Å². The van der Waals surface area contributed by atoms with Crippen molar-refractivity contribution in [3.8, 4) is 0 Å². The average molecular weight is 336 g/mol. The summed E-state index contributed by atoms with van der Waals surface area (Å²) in [5.74, 6) is -0.0660. The largest absolute Gasteiger partial charge is 0.369 e. The molecule has 6 heteroatoms. The van der Waals surface area contributed by atoms with Crippen molar-refractivity contribution < 1.29 is 9.18 Å². The number of carbonyl (C=O) groups excluding carboxylic acids is 1. The minimum Gasteiger partial charge on any atom is -0.369 e. The highest BCUT2D eigenvalue weighted by atomic mass is 19.1. The van der Waals surface area contributed by atoms with Crippen LogP contribution in [-0.4, -0.2) is 75.6 Å². The first-order valence-electron chi connectivity index (χ1n) is 8.69. The van der Waals surface area contributed by atoms with Gasteiger partial charge in [0.1, 0.15) is 5.82 Å². The molecule has 0 atom stereocenters. The highest BCUT2D eigenvalue weighted by molar-refractivity contribution is 5.76. The maximum Gasteiger partial charge on any atom is 0.221 e. The summed E-state index contributed by atoms with van der Waals surface area (Å²) in [5.41, 5.74) is 1.06. The predicted molar refractivity (Wildman–Crippen MR) is 95.9 cm³/mol. The molecule has 1 heterocycles. The lowest BCUT2D eigenvalue weighted by atomic mass is 10.2. The zero-order valence-electron chi connectivity index (χ0n) is 14.8. The van der Waals surface area contributed by atoms with Crippen molar-refractivity contribution in [2.75, 3.05) is 64.8 Å². The summed E-state index contributed by atoms with van der Waals surface area (Å²) in [7, 11) is 4.07. The van der Waals surface area contributed by atoms with Crippen molar-refractivity contribution in [1.29, 1.82) is 0 Å². The standard InChI is InChI=1S/C18H29FN4O/c1-21(2)10-3-9-20-18(24)8-11-22-12-14-23(15-13-22)17-6-4-16(19)5-7-17/h4-7H,3,8-15H2,1-2H3,(H,20,24). The van der Waals surface area contributed by atoms with Gasteiger partial charge in [0.25, 0.3) is 0 Å². The second-order valence-corrected chi connectivity index (χ2v) is 6.56. The Morgan fingerprint density at radius 1 is 1.17 bits per heavy atom. The lowest BCUT2D eigenvalue weighted by Gasteiger charge is -2.36. The second kappa shape index (κ2) is 9.59. The molecule has 1 amide bonds. The number of nitrogens with zero attached hydrogens (tertiary/aromatic N) is 3. The Hall–Kier alpha value is -1.66. The molecule has 0 radical (unpaired) electrons. The number of hydrogen-bond donors (Lipinski definition) is 1. The first kappa shape index (κ1) is 18.7. The predicted octanol–water partition coefficient (Wildman–Crippen LogP) is 1.41. The Morgan fingerprint density at radius 2 is 1.83 bits per heavy atom. The number of amides is 1. The number of rotatable bonds is 8. The third-order valence-electron chi connectivity index (χ3n) is 4.32. The lowest BCUT2D eigenvalue weighted by molar-refractivity contribution is -0.121. The van der Waals surface area contributed by atoms with E-state index in [0.29, 0.717) is 6.42 Å². The molecule has 0 aliphatic carbocycles. The SMILES string of the molecule is CN(C)CCCNC(=O)CCN1CCN(c2ccc(F)cc2)CC1. The van der Waals surface area contributed by atoms with Crippen LogP contribution in [0.2, 0.25) is 0 Å². The van der Waals surface area contributed by atoms with Crippen LogP contribution in [0.25, 0.3) is 0 Å². The van der Waals surface area contributed by atoms with Crippen LogP contribution in [0, 0.1) is 5.82 Å². The van der Waals surface area contributed by atoms with Gasteiger partial charge >= 0.3 is 0 Å². The Morgan fingerprint density at radius 3 is 2.46 bits per heavy atom. The molecule has 0 saturated carbocycles. The summed E-state index contributed by atoms with van der Waals surface area (Å²) in [4.78, 5) is 18.5. The summed E-state index contributed by atoms with van der Waals surface area (Å²) in [6, 6.07) is 6.66. The molecule has 24 heavy (non-hydrogen) atoms. The summed E-state index contributed by atoms with van der Waals surface area (Å²) in [5, 5.41) is 2.98. The van der Waals surface area contributed by atoms with Gasteiger partial charge in [-0.05, 0) is 51.3 Å². The zero-order valence-corrected chi connectivity index (χ0v) is 14.8. The number of hydrogen-bond acceptors (Lipinski definition) is 4. The molecule has 0 spiro atoms. The van der Waals surface area contributed by atoms with Crippen LogP contribution in [0.1, 0.15) is 12.8 Å². The molecule has 1 aromatic carbocycles. The minimum absolute atomic E-state index is 0.134. The Bertz CT molecular complexity index is 498. The maximum absolute atomic E-state index is 13.0. The molecule has 0 unspecified atom stereocenters. The number of benzene rings is 1. The smallest absolute Gasteiger partial charge is 0.221 e. The fourth-order valence-electron chi connectivity index (χ4n) is 2.85. The molecule has 134 valence electrons. The second-order valence-electron chi connectivity index (χ2n) is 6.56. The van der Waals surface area contributed by atoms with Crippen molar-refractivity contribution in [3.05, 3.63) is 30.1 Å². The lowest BCUT2D eigenvalue weighted by Crippen LogP contribution is -2.47. The number of carbonyl (C=O) groups is 1.